The van der Waals surface area contributed by atoms with Crippen molar-refractivity contribution in [1.82, 2.24) is 5.32 Å². The lowest BCUT2D eigenvalue weighted by Gasteiger charge is -2.48. The van der Waals surface area contributed by atoms with E-state index in [1.54, 1.807) is 0 Å². The number of hydrogen-bond acceptors (Lipinski definition) is 18. The summed E-state index contributed by atoms with van der Waals surface area (Å²) in [6.45, 7) is 1.82. The van der Waals surface area contributed by atoms with Crippen LogP contribution in [0.25, 0.3) is 0 Å². The highest BCUT2D eigenvalue weighted by Crippen LogP contribution is 2.33. The number of hydrogen-bond donors (Lipinski definition) is 12. The largest absolute Gasteiger partial charge is 0.394 e. The molecule has 3 heterocycles. The first kappa shape index (κ1) is 80.0. The first-order valence-electron chi connectivity index (χ1n) is 35.8. The van der Waals surface area contributed by atoms with E-state index in [1.807, 2.05) is 0 Å². The Morgan fingerprint density at radius 3 is 1.00 bits per heavy atom. The van der Waals surface area contributed by atoms with Crippen LogP contribution in [-0.4, -0.2) is 193 Å². The van der Waals surface area contributed by atoms with Crippen LogP contribution in [0.1, 0.15) is 296 Å². The van der Waals surface area contributed by atoms with Crippen LogP contribution in [0, 0.1) is 0 Å². The fourth-order valence-corrected chi connectivity index (χ4v) is 12.6. The molecule has 3 rings (SSSR count). The Labute approximate surface area is 525 Å². The van der Waals surface area contributed by atoms with Crippen molar-refractivity contribution in [3.63, 3.8) is 0 Å². The third kappa shape index (κ3) is 33.5. The molecule has 0 aliphatic carbocycles. The maximum atomic E-state index is 13.3. The third-order valence-electron chi connectivity index (χ3n) is 18.4. The van der Waals surface area contributed by atoms with Gasteiger partial charge in [-0.2, -0.15) is 0 Å². The fourth-order valence-electron chi connectivity index (χ4n) is 12.6. The minimum Gasteiger partial charge on any atom is -0.394 e. The summed E-state index contributed by atoms with van der Waals surface area (Å²) in [5, 5.41) is 121. The van der Waals surface area contributed by atoms with Crippen molar-refractivity contribution in [3.8, 4) is 0 Å². The highest BCUT2D eigenvalue weighted by atomic mass is 16.8. The van der Waals surface area contributed by atoms with Gasteiger partial charge in [0, 0.05) is 6.42 Å². The summed E-state index contributed by atoms with van der Waals surface area (Å²) in [5.74, 6) is -0.239. The molecule has 0 radical (unpaired) electrons. The Kier molecular flexibility index (Phi) is 47.1. The predicted molar refractivity (Wildman–Crippen MR) is 337 cm³/mol. The molecule has 87 heavy (non-hydrogen) atoms. The zero-order valence-corrected chi connectivity index (χ0v) is 54.5. The van der Waals surface area contributed by atoms with Crippen molar-refractivity contribution in [2.24, 2.45) is 0 Å². The van der Waals surface area contributed by atoms with Gasteiger partial charge < -0.3 is 89.9 Å². The number of nitrogens with one attached hydrogen (secondary N) is 1. The summed E-state index contributed by atoms with van der Waals surface area (Å²) in [6.07, 6.45) is 27.9. The van der Waals surface area contributed by atoms with Crippen molar-refractivity contribution in [2.45, 2.75) is 401 Å². The molecular formula is C68H131NO18. The second kappa shape index (κ2) is 51.2. The topological polar surface area (TPSA) is 307 Å². The SMILES string of the molecule is CCCCCCCCCCCCCCCCCCCCCCCCCCCCCCCCCC(O)C(COC1OC(CO)C(OC2OC(CO)C(OC3OC(CO)C(O)C(O)C3O)C(O)C2O)C(O)C1O)NC(=O)CCCCCCCCCCCCC. The average Bonchev–Trinajstić information content (AvgIpc) is 3.67. The van der Waals surface area contributed by atoms with Crippen LogP contribution in [0.3, 0.4) is 0 Å². The number of amides is 1. The first-order valence-corrected chi connectivity index (χ1v) is 35.8. The van der Waals surface area contributed by atoms with Gasteiger partial charge in [0.2, 0.25) is 5.91 Å². The lowest BCUT2D eigenvalue weighted by Crippen LogP contribution is -2.66. The van der Waals surface area contributed by atoms with E-state index < -0.39 is 124 Å². The molecule has 3 fully saturated rings. The number of aliphatic hydroxyl groups excluding tert-OH is 11. The van der Waals surface area contributed by atoms with E-state index in [4.69, 9.17) is 28.4 Å². The Balaban J connectivity index is 1.35. The van der Waals surface area contributed by atoms with E-state index >= 15 is 0 Å². The Morgan fingerprint density at radius 1 is 0.368 bits per heavy atom. The summed E-state index contributed by atoms with van der Waals surface area (Å²) < 4.78 is 34.4. The zero-order chi connectivity index (χ0) is 63.3. The van der Waals surface area contributed by atoms with E-state index in [9.17, 15) is 61.0 Å². The fraction of sp³-hybridized carbons (Fsp3) is 0.985. The van der Waals surface area contributed by atoms with Crippen LogP contribution < -0.4 is 5.32 Å². The lowest BCUT2D eigenvalue weighted by atomic mass is 9.96. The second-order valence-electron chi connectivity index (χ2n) is 26.1. The van der Waals surface area contributed by atoms with Crippen LogP contribution in [0.2, 0.25) is 0 Å². The first-order chi connectivity index (χ1) is 42.3. The number of carbonyl (C=O) groups is 1. The number of carbonyl (C=O) groups excluding carboxylic acids is 1. The summed E-state index contributed by atoms with van der Waals surface area (Å²) in [5.41, 5.74) is 0. The molecule has 19 nitrogen and oxygen atoms in total. The van der Waals surface area contributed by atoms with E-state index in [0.29, 0.717) is 12.8 Å². The molecule has 12 N–H and O–H groups in total. The molecule has 0 aromatic carbocycles. The van der Waals surface area contributed by atoms with Gasteiger partial charge in [-0.25, -0.2) is 0 Å². The van der Waals surface area contributed by atoms with Crippen molar-refractivity contribution < 1.29 is 89.4 Å². The van der Waals surface area contributed by atoms with Crippen LogP contribution in [0.4, 0.5) is 0 Å². The van der Waals surface area contributed by atoms with Gasteiger partial charge in [-0.3, -0.25) is 4.79 Å². The van der Waals surface area contributed by atoms with Crippen LogP contribution in [0.15, 0.2) is 0 Å². The van der Waals surface area contributed by atoms with Crippen molar-refractivity contribution in [2.75, 3.05) is 26.4 Å². The molecule has 3 aliphatic heterocycles. The van der Waals surface area contributed by atoms with Gasteiger partial charge in [0.1, 0.15) is 73.2 Å². The quantitative estimate of drug-likeness (QED) is 0.0252. The summed E-state index contributed by atoms with van der Waals surface area (Å²) in [6, 6.07) is -0.880. The van der Waals surface area contributed by atoms with E-state index in [-0.39, 0.29) is 18.9 Å². The molecule has 3 aliphatic rings. The van der Waals surface area contributed by atoms with Gasteiger partial charge in [-0.05, 0) is 12.8 Å². The minimum atomic E-state index is -1.97. The standard InChI is InChI=1S/C68H131NO18/c1-3-5-7-9-11-13-15-16-17-18-19-20-21-22-23-24-25-26-27-28-29-30-31-32-33-34-36-37-39-41-43-45-52(73)51(69-56(74)46-44-42-40-38-35-14-12-10-8-6-4-2)50-82-66-62(80)59(77)64(54(48-71)84-66)87-68-63(81)60(78)65(55(49-72)85-68)86-67-61(79)58(76)57(75)53(47-70)83-67/h51-55,57-68,70-73,75-81H,3-50H2,1-2H3,(H,69,74). The molecule has 0 aromatic rings. The van der Waals surface area contributed by atoms with Gasteiger partial charge in [0.15, 0.2) is 18.9 Å². The van der Waals surface area contributed by atoms with E-state index in [2.05, 4.69) is 19.2 Å². The maximum absolute atomic E-state index is 13.3. The summed E-state index contributed by atoms with van der Waals surface area (Å²) >= 11 is 0. The van der Waals surface area contributed by atoms with Crippen LogP contribution in [-0.2, 0) is 33.2 Å². The molecule has 0 aromatic heterocycles. The smallest absolute Gasteiger partial charge is 0.220 e. The second-order valence-corrected chi connectivity index (χ2v) is 26.1. The Bertz CT molecular complexity index is 1590. The monoisotopic (exact) mass is 1250 g/mol. The molecular weight excluding hydrogens is 1120 g/mol. The number of ether oxygens (including phenoxy) is 6. The van der Waals surface area contributed by atoms with Crippen molar-refractivity contribution >= 4 is 5.91 Å². The Hall–Kier alpha value is -1.21. The van der Waals surface area contributed by atoms with Crippen molar-refractivity contribution in [1.29, 1.82) is 0 Å². The van der Waals surface area contributed by atoms with Gasteiger partial charge in [-0.1, -0.05) is 277 Å². The summed E-state index contributed by atoms with van der Waals surface area (Å²) in [4.78, 5) is 13.3. The van der Waals surface area contributed by atoms with E-state index in [0.717, 1.165) is 44.9 Å². The molecule has 3 saturated heterocycles. The maximum Gasteiger partial charge on any atom is 0.220 e. The molecule has 0 spiro atoms. The van der Waals surface area contributed by atoms with Crippen molar-refractivity contribution in [3.05, 3.63) is 0 Å². The summed E-state index contributed by atoms with van der Waals surface area (Å²) in [7, 11) is 0. The van der Waals surface area contributed by atoms with Crippen LogP contribution in [0.5, 0.6) is 0 Å². The lowest BCUT2D eigenvalue weighted by molar-refractivity contribution is -0.379. The molecule has 0 saturated carbocycles. The average molecular weight is 1250 g/mol. The molecule has 17 atom stereocenters. The number of aliphatic hydroxyl groups is 11. The highest BCUT2D eigenvalue weighted by Gasteiger charge is 2.53. The molecule has 19 heteroatoms. The van der Waals surface area contributed by atoms with Crippen LogP contribution >= 0.6 is 0 Å². The normalized spacial score (nSPS) is 28.5. The number of rotatable bonds is 56. The molecule has 1 amide bonds. The van der Waals surface area contributed by atoms with E-state index in [1.165, 1.54) is 218 Å². The van der Waals surface area contributed by atoms with Gasteiger partial charge in [0.25, 0.3) is 0 Å². The predicted octanol–water partition coefficient (Wildman–Crippen LogP) is 9.50. The molecule has 17 unspecified atom stereocenters. The number of unbranched alkanes of at least 4 members (excludes halogenated alkanes) is 40. The third-order valence-corrected chi connectivity index (χ3v) is 18.4. The van der Waals surface area contributed by atoms with Gasteiger partial charge >= 0.3 is 0 Å². The Morgan fingerprint density at radius 2 is 0.655 bits per heavy atom. The van der Waals surface area contributed by atoms with Gasteiger partial charge in [-0.15, -0.1) is 0 Å². The molecule has 0 bridgehead atoms. The zero-order valence-electron chi connectivity index (χ0n) is 54.5. The molecule has 516 valence electrons. The highest BCUT2D eigenvalue weighted by molar-refractivity contribution is 5.76. The minimum absolute atomic E-state index is 0.239. The van der Waals surface area contributed by atoms with Gasteiger partial charge in [0.05, 0.1) is 38.6 Å².